The third-order valence-corrected chi connectivity index (χ3v) is 6.45. The molecule has 162 valence electrons. The third-order valence-electron chi connectivity index (χ3n) is 6.15. The van der Waals surface area contributed by atoms with Gasteiger partial charge in [0.1, 0.15) is 0 Å². The summed E-state index contributed by atoms with van der Waals surface area (Å²) in [5.74, 6) is -3.28. The number of Topliss-reactive ketones (excluding diaryl/α,β-unsaturated/α-hetero) is 3. The van der Waals surface area contributed by atoms with Crippen LogP contribution in [0.2, 0.25) is 0 Å². The van der Waals surface area contributed by atoms with Crippen LogP contribution in [-0.2, 0) is 19.1 Å². The molecule has 0 saturated carbocycles. The summed E-state index contributed by atoms with van der Waals surface area (Å²) in [6.45, 7) is 5.66. The number of aryl methyl sites for hydroxylation is 2. The van der Waals surface area contributed by atoms with E-state index in [2.05, 4.69) is 4.98 Å². The second-order valence-corrected chi connectivity index (χ2v) is 8.31. The van der Waals surface area contributed by atoms with Crippen LogP contribution in [0.3, 0.4) is 0 Å². The molecule has 1 aromatic heterocycles. The highest BCUT2D eigenvalue weighted by Gasteiger charge is 2.75. The van der Waals surface area contributed by atoms with E-state index in [1.54, 1.807) is 6.07 Å². The van der Waals surface area contributed by atoms with Crippen LogP contribution in [0.15, 0.2) is 12.1 Å². The van der Waals surface area contributed by atoms with E-state index in [9.17, 15) is 29.7 Å². The number of aromatic amines is 1. The Morgan fingerprint density at radius 3 is 2.13 bits per heavy atom. The molecule has 4 N–H and O–H groups in total. The molecule has 1 aliphatic heterocycles. The van der Waals surface area contributed by atoms with Gasteiger partial charge in [0, 0.05) is 0 Å². The molecule has 0 spiro atoms. The van der Waals surface area contributed by atoms with Crippen LogP contribution >= 0.6 is 12.2 Å². The number of fused-ring (bicyclic) bond motifs is 1. The van der Waals surface area contributed by atoms with Crippen LogP contribution in [0, 0.1) is 18.6 Å². The Morgan fingerprint density at radius 1 is 1.07 bits per heavy atom. The van der Waals surface area contributed by atoms with E-state index in [0.29, 0.717) is 11.0 Å². The minimum Gasteiger partial charge on any atom is -0.376 e. The fourth-order valence-electron chi connectivity index (χ4n) is 4.14. The van der Waals surface area contributed by atoms with Crippen molar-refractivity contribution in [1.82, 2.24) is 9.55 Å². The van der Waals surface area contributed by atoms with Crippen molar-refractivity contribution >= 4 is 40.6 Å². The average molecular weight is 436 g/mol. The maximum Gasteiger partial charge on any atom is 0.207 e. The molecular weight excluding hydrogens is 412 g/mol. The number of carbonyl (C=O) groups is 3. The predicted molar refractivity (Wildman–Crippen MR) is 108 cm³/mol. The quantitative estimate of drug-likeness (QED) is 0.516. The van der Waals surface area contributed by atoms with Crippen LogP contribution < -0.4 is 0 Å². The van der Waals surface area contributed by atoms with Crippen molar-refractivity contribution in [2.75, 3.05) is 6.61 Å². The number of aliphatic hydroxyl groups is 3. The summed E-state index contributed by atoms with van der Waals surface area (Å²) in [6, 6.07) is 3.56. The largest absolute Gasteiger partial charge is 0.376 e. The third kappa shape index (κ3) is 2.61. The topological polar surface area (TPSA) is 142 Å². The normalized spacial score (nSPS) is 31.7. The van der Waals surface area contributed by atoms with Crippen molar-refractivity contribution in [3.05, 3.63) is 28.0 Å². The van der Waals surface area contributed by atoms with Crippen LogP contribution in [-0.4, -0.2) is 65.6 Å². The highest BCUT2D eigenvalue weighted by molar-refractivity contribution is 7.71. The molecule has 4 atom stereocenters. The Kier molecular flexibility index (Phi) is 5.16. The van der Waals surface area contributed by atoms with E-state index in [-0.39, 0.29) is 4.77 Å². The summed E-state index contributed by atoms with van der Waals surface area (Å²) in [6.07, 6.45) is -1.69. The number of hydrogen-bond acceptors (Lipinski definition) is 8. The summed E-state index contributed by atoms with van der Waals surface area (Å²) in [4.78, 5) is 40.4. The lowest BCUT2D eigenvalue weighted by Crippen LogP contribution is -2.82. The Bertz CT molecular complexity index is 1150. The summed E-state index contributed by atoms with van der Waals surface area (Å²) in [7, 11) is 0. The number of ketones is 3. The lowest BCUT2D eigenvalue weighted by atomic mass is 9.63. The number of ether oxygens (including phenoxy) is 1. The van der Waals surface area contributed by atoms with Gasteiger partial charge in [0.25, 0.3) is 0 Å². The number of H-pyrrole nitrogens is 1. The van der Waals surface area contributed by atoms with Crippen molar-refractivity contribution in [3.8, 4) is 0 Å². The number of benzene rings is 1. The summed E-state index contributed by atoms with van der Waals surface area (Å²) < 4.78 is 6.93. The van der Waals surface area contributed by atoms with Gasteiger partial charge >= 0.3 is 0 Å². The maximum absolute atomic E-state index is 12.7. The van der Waals surface area contributed by atoms with Gasteiger partial charge in [-0.3, -0.25) is 19.0 Å². The van der Waals surface area contributed by atoms with E-state index in [4.69, 9.17) is 17.0 Å². The highest BCUT2D eigenvalue weighted by Crippen LogP contribution is 2.48. The van der Waals surface area contributed by atoms with Gasteiger partial charge in [0.15, 0.2) is 33.9 Å². The van der Waals surface area contributed by atoms with Gasteiger partial charge in [-0.05, 0) is 70.1 Å². The zero-order valence-electron chi connectivity index (χ0n) is 17.3. The number of hydrogen-bond donors (Lipinski definition) is 4. The monoisotopic (exact) mass is 436 g/mol. The molecule has 10 heteroatoms. The van der Waals surface area contributed by atoms with Gasteiger partial charge in [-0.2, -0.15) is 0 Å². The van der Waals surface area contributed by atoms with Crippen LogP contribution in [0.25, 0.3) is 11.0 Å². The van der Waals surface area contributed by atoms with Gasteiger partial charge in [-0.15, -0.1) is 0 Å². The summed E-state index contributed by atoms with van der Waals surface area (Å²) in [5, 5.41) is 33.8. The smallest absolute Gasteiger partial charge is 0.207 e. The highest BCUT2D eigenvalue weighted by atomic mass is 32.1. The SMILES string of the molecule is CC(=O)[C@]1(O)[C@@](O)(C(C)=O)[C@H](n2c(=S)[nH]c3cc(C)c(C)cc32)OC[C@]1(O)C(C)=O. The molecule has 3 rings (SSSR count). The molecule has 2 aromatic rings. The van der Waals surface area contributed by atoms with E-state index >= 15 is 0 Å². The first-order valence-electron chi connectivity index (χ1n) is 9.26. The molecule has 1 saturated heterocycles. The number of rotatable bonds is 4. The number of carbonyl (C=O) groups excluding carboxylic acids is 3. The molecule has 0 unspecified atom stereocenters. The predicted octanol–water partition coefficient (Wildman–Crippen LogP) is 0.805. The van der Waals surface area contributed by atoms with Gasteiger partial charge in [-0.25, -0.2) is 0 Å². The van der Waals surface area contributed by atoms with Crippen molar-refractivity contribution in [2.45, 2.75) is 57.6 Å². The number of nitrogens with zero attached hydrogens (tertiary/aromatic N) is 1. The zero-order chi connectivity index (χ0) is 22.8. The zero-order valence-corrected chi connectivity index (χ0v) is 18.1. The first kappa shape index (κ1) is 22.4. The van der Waals surface area contributed by atoms with E-state index < -0.39 is 47.0 Å². The molecule has 0 radical (unpaired) electrons. The second-order valence-electron chi connectivity index (χ2n) is 7.92. The first-order valence-corrected chi connectivity index (χ1v) is 9.67. The van der Waals surface area contributed by atoms with Crippen LogP contribution in [0.4, 0.5) is 0 Å². The fourth-order valence-corrected chi connectivity index (χ4v) is 4.45. The van der Waals surface area contributed by atoms with Crippen molar-refractivity contribution in [1.29, 1.82) is 0 Å². The Labute approximate surface area is 177 Å². The lowest BCUT2D eigenvalue weighted by Gasteiger charge is -2.54. The molecule has 0 bridgehead atoms. The summed E-state index contributed by atoms with van der Waals surface area (Å²) >= 11 is 5.37. The van der Waals surface area contributed by atoms with Crippen molar-refractivity contribution < 1.29 is 34.4 Å². The second kappa shape index (κ2) is 6.89. The van der Waals surface area contributed by atoms with Gasteiger partial charge in [0.05, 0.1) is 17.6 Å². The van der Waals surface area contributed by atoms with Gasteiger partial charge < -0.3 is 25.0 Å². The first-order chi connectivity index (χ1) is 13.7. The molecule has 30 heavy (non-hydrogen) atoms. The standard InChI is InChI=1S/C20H24N2O7S/c1-9-6-14-15(7-10(9)2)22(17(30)21-14)16-19(27,12(4)24)20(28,13(5)25)18(26,8-29-16)11(3)23/h6-7,16,26-28H,8H2,1-5H3,(H,21,30)/t16-,18+,19-,20-/m1/s1. The average Bonchev–Trinajstić information content (AvgIpc) is 2.94. The number of nitrogens with one attached hydrogen (secondary N) is 1. The van der Waals surface area contributed by atoms with E-state index in [1.165, 1.54) is 4.57 Å². The number of aromatic nitrogens is 2. The van der Waals surface area contributed by atoms with Gasteiger partial charge in [-0.1, -0.05) is 0 Å². The molecule has 0 amide bonds. The molecule has 1 fully saturated rings. The maximum atomic E-state index is 12.7. The van der Waals surface area contributed by atoms with Crippen molar-refractivity contribution in [3.63, 3.8) is 0 Å². The van der Waals surface area contributed by atoms with Crippen LogP contribution in [0.1, 0.15) is 38.1 Å². The lowest BCUT2D eigenvalue weighted by molar-refractivity contribution is -0.310. The molecule has 9 nitrogen and oxygen atoms in total. The Morgan fingerprint density at radius 2 is 1.63 bits per heavy atom. The fraction of sp³-hybridized carbons (Fsp3) is 0.500. The van der Waals surface area contributed by atoms with Crippen molar-refractivity contribution in [2.24, 2.45) is 0 Å². The molecule has 1 aromatic carbocycles. The molecule has 2 heterocycles. The summed E-state index contributed by atoms with van der Waals surface area (Å²) in [5.41, 5.74) is -6.14. The van der Waals surface area contributed by atoms with Crippen LogP contribution in [0.5, 0.6) is 0 Å². The number of imidazole rings is 1. The van der Waals surface area contributed by atoms with E-state index in [1.807, 2.05) is 19.9 Å². The Hall–Kier alpha value is -2.24. The molecular formula is C20H24N2O7S. The minimum atomic E-state index is -3.17. The Balaban J connectivity index is 2.39. The van der Waals surface area contributed by atoms with E-state index in [0.717, 1.165) is 31.9 Å². The molecule has 1 aliphatic rings. The molecule has 0 aliphatic carbocycles. The minimum absolute atomic E-state index is 0.0545. The van der Waals surface area contributed by atoms with Gasteiger partial charge in [0.2, 0.25) is 11.2 Å².